The van der Waals surface area contributed by atoms with Crippen LogP contribution in [0.25, 0.3) is 0 Å². The highest BCUT2D eigenvalue weighted by Crippen LogP contribution is 2.10. The van der Waals surface area contributed by atoms with Gasteiger partial charge in [0.25, 0.3) is 0 Å². The molecule has 1 saturated heterocycles. The average Bonchev–Trinajstić information content (AvgIpc) is 2.77. The zero-order valence-corrected chi connectivity index (χ0v) is 8.86. The summed E-state index contributed by atoms with van der Waals surface area (Å²) in [6.07, 6.45) is 4.61. The lowest BCUT2D eigenvalue weighted by Gasteiger charge is -2.08. The molecule has 2 heterocycles. The number of nitrogens with zero attached hydrogens (tertiary/aromatic N) is 2. The maximum absolute atomic E-state index is 11.6. The molecule has 82 valence electrons. The Labute approximate surface area is 88.8 Å². The number of amides is 1. The maximum Gasteiger partial charge on any atom is 0.227 e. The van der Waals surface area contributed by atoms with Gasteiger partial charge >= 0.3 is 0 Å². The van der Waals surface area contributed by atoms with Crippen LogP contribution in [0.1, 0.15) is 19.3 Å². The van der Waals surface area contributed by atoms with Crippen molar-refractivity contribution in [1.82, 2.24) is 15.1 Å². The van der Waals surface area contributed by atoms with Crippen LogP contribution in [0.3, 0.4) is 0 Å². The fourth-order valence-corrected chi connectivity index (χ4v) is 1.83. The predicted molar refractivity (Wildman–Crippen MR) is 57.5 cm³/mol. The highest BCUT2D eigenvalue weighted by molar-refractivity contribution is 5.90. The Morgan fingerprint density at radius 3 is 3.27 bits per heavy atom. The topological polar surface area (TPSA) is 59.0 Å². The van der Waals surface area contributed by atoms with Crippen molar-refractivity contribution in [3.05, 3.63) is 12.3 Å². The zero-order chi connectivity index (χ0) is 10.7. The molecule has 2 rings (SSSR count). The molecule has 0 aromatic carbocycles. The fourth-order valence-electron chi connectivity index (χ4n) is 1.83. The van der Waals surface area contributed by atoms with Gasteiger partial charge in [-0.3, -0.25) is 9.48 Å². The highest BCUT2D eigenvalue weighted by Gasteiger charge is 2.17. The molecular formula is C10H16N4O. The third-order valence-electron chi connectivity index (χ3n) is 2.58. The van der Waals surface area contributed by atoms with Crippen LogP contribution >= 0.6 is 0 Å². The van der Waals surface area contributed by atoms with E-state index < -0.39 is 0 Å². The number of anilines is 1. The SMILES string of the molecule is Cn1ccc(NC(=O)CC2CCCN2)n1. The van der Waals surface area contributed by atoms with Crippen LogP contribution in [-0.2, 0) is 11.8 Å². The molecule has 5 nitrogen and oxygen atoms in total. The first-order valence-electron chi connectivity index (χ1n) is 5.27. The lowest BCUT2D eigenvalue weighted by atomic mass is 10.1. The normalized spacial score (nSPS) is 20.5. The quantitative estimate of drug-likeness (QED) is 0.760. The van der Waals surface area contributed by atoms with Crippen molar-refractivity contribution in [2.24, 2.45) is 7.05 Å². The lowest BCUT2D eigenvalue weighted by molar-refractivity contribution is -0.116. The van der Waals surface area contributed by atoms with Gasteiger partial charge in [0.1, 0.15) is 0 Å². The number of hydrogen-bond acceptors (Lipinski definition) is 3. The van der Waals surface area contributed by atoms with Gasteiger partial charge in [-0.2, -0.15) is 5.10 Å². The minimum atomic E-state index is 0.0353. The Hall–Kier alpha value is -1.36. The summed E-state index contributed by atoms with van der Waals surface area (Å²) in [5.41, 5.74) is 0. The van der Waals surface area contributed by atoms with Crippen molar-refractivity contribution in [3.63, 3.8) is 0 Å². The Morgan fingerprint density at radius 1 is 1.80 bits per heavy atom. The summed E-state index contributed by atoms with van der Waals surface area (Å²) in [6.45, 7) is 1.03. The molecule has 2 N–H and O–H groups in total. The van der Waals surface area contributed by atoms with Crippen molar-refractivity contribution < 1.29 is 4.79 Å². The van der Waals surface area contributed by atoms with Crippen molar-refractivity contribution in [2.45, 2.75) is 25.3 Å². The van der Waals surface area contributed by atoms with Crippen LogP contribution < -0.4 is 10.6 Å². The summed E-state index contributed by atoms with van der Waals surface area (Å²) in [5, 5.41) is 10.2. The monoisotopic (exact) mass is 208 g/mol. The average molecular weight is 208 g/mol. The molecule has 0 bridgehead atoms. The van der Waals surface area contributed by atoms with Gasteiger partial charge in [-0.05, 0) is 19.4 Å². The first-order valence-corrected chi connectivity index (χ1v) is 5.27. The number of nitrogens with one attached hydrogen (secondary N) is 2. The van der Waals surface area contributed by atoms with E-state index in [0.717, 1.165) is 13.0 Å². The molecule has 0 aliphatic carbocycles. The van der Waals surface area contributed by atoms with Gasteiger partial charge in [0.2, 0.25) is 5.91 Å². The minimum absolute atomic E-state index is 0.0353. The van der Waals surface area contributed by atoms with E-state index in [0.29, 0.717) is 18.3 Å². The molecular weight excluding hydrogens is 192 g/mol. The van der Waals surface area contributed by atoms with Crippen LogP contribution in [0.4, 0.5) is 5.82 Å². The van der Waals surface area contributed by atoms with E-state index in [1.807, 2.05) is 13.2 Å². The van der Waals surface area contributed by atoms with E-state index in [4.69, 9.17) is 0 Å². The first kappa shape index (κ1) is 10.2. The van der Waals surface area contributed by atoms with Crippen LogP contribution in [-0.4, -0.2) is 28.3 Å². The van der Waals surface area contributed by atoms with Crippen molar-refractivity contribution in [2.75, 3.05) is 11.9 Å². The Kier molecular flexibility index (Phi) is 3.01. The standard InChI is InChI=1S/C10H16N4O/c1-14-6-4-9(13-14)12-10(15)7-8-3-2-5-11-8/h4,6,8,11H,2-3,5,7H2,1H3,(H,12,13,15). The molecule has 1 amide bonds. The molecule has 0 spiro atoms. The van der Waals surface area contributed by atoms with E-state index in [9.17, 15) is 4.79 Å². The highest BCUT2D eigenvalue weighted by atomic mass is 16.1. The molecule has 1 aromatic rings. The van der Waals surface area contributed by atoms with E-state index >= 15 is 0 Å². The number of aromatic nitrogens is 2. The largest absolute Gasteiger partial charge is 0.313 e. The Morgan fingerprint density at radius 2 is 2.67 bits per heavy atom. The molecule has 1 aliphatic heterocycles. The second-order valence-corrected chi connectivity index (χ2v) is 3.92. The van der Waals surface area contributed by atoms with Gasteiger partial charge in [-0.15, -0.1) is 0 Å². The van der Waals surface area contributed by atoms with Crippen molar-refractivity contribution >= 4 is 11.7 Å². The van der Waals surface area contributed by atoms with Gasteiger partial charge < -0.3 is 10.6 Å². The minimum Gasteiger partial charge on any atom is -0.313 e. The molecule has 15 heavy (non-hydrogen) atoms. The van der Waals surface area contributed by atoms with E-state index in [-0.39, 0.29) is 5.91 Å². The number of hydrogen-bond donors (Lipinski definition) is 2. The summed E-state index contributed by atoms with van der Waals surface area (Å²) >= 11 is 0. The number of aryl methyl sites for hydroxylation is 1. The number of rotatable bonds is 3. The molecule has 1 aromatic heterocycles. The molecule has 1 aliphatic rings. The summed E-state index contributed by atoms with van der Waals surface area (Å²) in [6, 6.07) is 2.13. The zero-order valence-electron chi connectivity index (χ0n) is 8.86. The van der Waals surface area contributed by atoms with Gasteiger partial charge in [-0.25, -0.2) is 0 Å². The molecule has 1 unspecified atom stereocenters. The van der Waals surface area contributed by atoms with Crippen LogP contribution in [0.15, 0.2) is 12.3 Å². The summed E-state index contributed by atoms with van der Waals surface area (Å²) in [4.78, 5) is 11.6. The fraction of sp³-hybridized carbons (Fsp3) is 0.600. The van der Waals surface area contributed by atoms with Gasteiger partial charge in [0.05, 0.1) is 0 Å². The van der Waals surface area contributed by atoms with Crippen LogP contribution in [0, 0.1) is 0 Å². The lowest BCUT2D eigenvalue weighted by Crippen LogP contribution is -2.27. The smallest absolute Gasteiger partial charge is 0.227 e. The predicted octanol–water partition coefficient (Wildman–Crippen LogP) is 0.501. The molecule has 1 atom stereocenters. The maximum atomic E-state index is 11.6. The summed E-state index contributed by atoms with van der Waals surface area (Å²) in [5.74, 6) is 0.661. The number of carbonyl (C=O) groups is 1. The molecule has 5 heteroatoms. The van der Waals surface area contributed by atoms with Crippen molar-refractivity contribution in [1.29, 1.82) is 0 Å². The molecule has 0 saturated carbocycles. The number of carbonyl (C=O) groups excluding carboxylic acids is 1. The second kappa shape index (κ2) is 4.44. The second-order valence-electron chi connectivity index (χ2n) is 3.92. The summed E-state index contributed by atoms with van der Waals surface area (Å²) < 4.78 is 1.67. The first-order chi connectivity index (χ1) is 7.24. The molecule has 1 fully saturated rings. The van der Waals surface area contributed by atoms with E-state index in [1.54, 1.807) is 10.7 Å². The third-order valence-corrected chi connectivity index (χ3v) is 2.58. The Bertz CT molecular complexity index is 341. The van der Waals surface area contributed by atoms with Crippen molar-refractivity contribution in [3.8, 4) is 0 Å². The van der Waals surface area contributed by atoms with E-state index in [2.05, 4.69) is 15.7 Å². The Balaban J connectivity index is 1.81. The van der Waals surface area contributed by atoms with Crippen LogP contribution in [0.5, 0.6) is 0 Å². The molecule has 0 radical (unpaired) electrons. The van der Waals surface area contributed by atoms with Gasteiger partial charge in [0, 0.05) is 31.8 Å². The summed E-state index contributed by atoms with van der Waals surface area (Å²) in [7, 11) is 1.83. The van der Waals surface area contributed by atoms with Crippen LogP contribution in [0.2, 0.25) is 0 Å². The van der Waals surface area contributed by atoms with Gasteiger partial charge in [-0.1, -0.05) is 0 Å². The van der Waals surface area contributed by atoms with E-state index in [1.165, 1.54) is 6.42 Å². The van der Waals surface area contributed by atoms with Gasteiger partial charge in [0.15, 0.2) is 5.82 Å². The third kappa shape index (κ3) is 2.79.